The molecule has 184 valence electrons. The third kappa shape index (κ3) is 6.19. The third-order valence-corrected chi connectivity index (χ3v) is 6.21. The predicted molar refractivity (Wildman–Crippen MR) is 134 cm³/mol. The molecule has 8 nitrogen and oxygen atoms in total. The largest absolute Gasteiger partial charge is 0.497 e. The molecular formula is C26H27NO7S. The summed E-state index contributed by atoms with van der Waals surface area (Å²) in [5, 5.41) is 0. The molecule has 9 heteroatoms. The first kappa shape index (κ1) is 25.8. The number of aromatic nitrogens is 1. The minimum Gasteiger partial charge on any atom is -0.497 e. The lowest BCUT2D eigenvalue weighted by Crippen LogP contribution is -2.32. The molecule has 0 amide bonds. The number of rotatable bonds is 9. The van der Waals surface area contributed by atoms with Crippen LogP contribution < -0.4 is 29.0 Å². The summed E-state index contributed by atoms with van der Waals surface area (Å²) in [6.45, 7) is 3.49. The van der Waals surface area contributed by atoms with Crippen LogP contribution >= 0.6 is 11.3 Å². The molecule has 0 fully saturated rings. The molecule has 0 aliphatic carbocycles. The van der Waals surface area contributed by atoms with Gasteiger partial charge in [-0.1, -0.05) is 0 Å². The minimum absolute atomic E-state index is 0.0974. The van der Waals surface area contributed by atoms with Crippen LogP contribution in [-0.4, -0.2) is 44.3 Å². The van der Waals surface area contributed by atoms with Gasteiger partial charge in [0.15, 0.2) is 5.78 Å². The summed E-state index contributed by atoms with van der Waals surface area (Å²) in [5.74, 6) is 1.03. The predicted octanol–water partition coefficient (Wildman–Crippen LogP) is 2.36. The van der Waals surface area contributed by atoms with Crippen LogP contribution in [0.4, 0.5) is 0 Å². The second-order valence-corrected chi connectivity index (χ2v) is 8.53. The topological polar surface area (TPSA) is 93.1 Å². The zero-order valence-corrected chi connectivity index (χ0v) is 21.1. The lowest BCUT2D eigenvalue weighted by atomic mass is 10.1. The first-order valence-electron chi connectivity index (χ1n) is 10.8. The van der Waals surface area contributed by atoms with E-state index in [0.29, 0.717) is 43.1 Å². The summed E-state index contributed by atoms with van der Waals surface area (Å²) in [5.41, 5.74) is 1.52. The van der Waals surface area contributed by atoms with Gasteiger partial charge in [0.05, 0.1) is 45.1 Å². The number of carbonyl (C=O) groups excluding carboxylic acids is 2. The van der Waals surface area contributed by atoms with E-state index in [1.54, 1.807) is 63.6 Å². The Morgan fingerprint density at radius 1 is 1.00 bits per heavy atom. The first-order chi connectivity index (χ1) is 16.8. The van der Waals surface area contributed by atoms with E-state index in [2.05, 4.69) is 0 Å². The molecule has 0 bridgehead atoms. The van der Waals surface area contributed by atoms with Crippen LogP contribution in [0.15, 0.2) is 41.2 Å². The lowest BCUT2D eigenvalue weighted by molar-refractivity contribution is -0.135. The summed E-state index contributed by atoms with van der Waals surface area (Å²) < 4.78 is 23.4. The maximum atomic E-state index is 13.5. The van der Waals surface area contributed by atoms with Gasteiger partial charge in [0, 0.05) is 17.2 Å². The zero-order valence-electron chi connectivity index (χ0n) is 20.2. The quantitative estimate of drug-likeness (QED) is 0.331. The van der Waals surface area contributed by atoms with Crippen molar-refractivity contribution in [1.29, 1.82) is 0 Å². The number of nitrogens with zero attached hydrogens (tertiary/aromatic N) is 1. The van der Waals surface area contributed by atoms with E-state index in [1.165, 1.54) is 24.7 Å². The second-order valence-electron chi connectivity index (χ2n) is 7.47. The summed E-state index contributed by atoms with van der Waals surface area (Å²) in [7, 11) is 4.61. The smallest absolute Gasteiger partial charge is 0.333 e. The summed E-state index contributed by atoms with van der Waals surface area (Å²) in [6.07, 6.45) is 3.00. The Balaban J connectivity index is 2.22. The molecule has 3 rings (SSSR count). The van der Waals surface area contributed by atoms with Crippen LogP contribution in [0.3, 0.4) is 0 Å². The van der Waals surface area contributed by atoms with E-state index in [4.69, 9.17) is 18.9 Å². The fourth-order valence-electron chi connectivity index (χ4n) is 3.43. The van der Waals surface area contributed by atoms with Gasteiger partial charge in [0.25, 0.3) is 5.56 Å². The minimum atomic E-state index is -0.554. The first-order valence-corrected chi connectivity index (χ1v) is 11.6. The van der Waals surface area contributed by atoms with E-state index in [9.17, 15) is 14.4 Å². The Bertz CT molecular complexity index is 1400. The molecule has 1 heterocycles. The third-order valence-electron chi connectivity index (χ3n) is 5.15. The molecule has 2 aromatic carbocycles. The fraction of sp³-hybridized carbons (Fsp3) is 0.269. The van der Waals surface area contributed by atoms with E-state index < -0.39 is 5.97 Å². The molecule has 0 atom stereocenters. The van der Waals surface area contributed by atoms with Crippen LogP contribution in [0, 0.1) is 0 Å². The van der Waals surface area contributed by atoms with E-state index >= 15 is 0 Å². The van der Waals surface area contributed by atoms with Gasteiger partial charge in [0.2, 0.25) is 0 Å². The molecule has 0 saturated carbocycles. The lowest BCUT2D eigenvalue weighted by Gasteiger charge is -2.10. The van der Waals surface area contributed by atoms with Crippen molar-refractivity contribution in [1.82, 2.24) is 4.57 Å². The number of hydrogen-bond acceptors (Lipinski definition) is 8. The van der Waals surface area contributed by atoms with Crippen LogP contribution in [0.25, 0.3) is 12.2 Å². The number of methoxy groups -OCH3 is 3. The van der Waals surface area contributed by atoms with Crippen LogP contribution in [0.2, 0.25) is 0 Å². The van der Waals surface area contributed by atoms with Crippen LogP contribution in [0.5, 0.6) is 17.2 Å². The highest BCUT2D eigenvalue weighted by Gasteiger charge is 2.13. The van der Waals surface area contributed by atoms with E-state index in [0.717, 1.165) is 11.3 Å². The average Bonchev–Trinajstić information content (AvgIpc) is 3.12. The maximum Gasteiger partial charge on any atom is 0.333 e. The highest BCUT2D eigenvalue weighted by atomic mass is 32.1. The summed E-state index contributed by atoms with van der Waals surface area (Å²) >= 11 is 1.15. The molecular weight excluding hydrogens is 470 g/mol. The van der Waals surface area contributed by atoms with Crippen molar-refractivity contribution in [2.75, 3.05) is 27.9 Å². The summed E-state index contributed by atoms with van der Waals surface area (Å²) in [6, 6.07) is 10.3. The molecule has 0 aliphatic heterocycles. The number of ketones is 1. The number of esters is 1. The van der Waals surface area contributed by atoms with E-state index in [-0.39, 0.29) is 24.5 Å². The van der Waals surface area contributed by atoms with Crippen molar-refractivity contribution in [3.8, 4) is 17.2 Å². The highest BCUT2D eigenvalue weighted by Crippen LogP contribution is 2.23. The highest BCUT2D eigenvalue weighted by molar-refractivity contribution is 7.07. The Kier molecular flexibility index (Phi) is 8.48. The molecule has 1 aromatic heterocycles. The van der Waals surface area contributed by atoms with Crippen molar-refractivity contribution < 1.29 is 28.5 Å². The van der Waals surface area contributed by atoms with Crippen molar-refractivity contribution in [3.63, 3.8) is 0 Å². The average molecular weight is 498 g/mol. The van der Waals surface area contributed by atoms with Crippen molar-refractivity contribution in [3.05, 3.63) is 72.6 Å². The fourth-order valence-corrected chi connectivity index (χ4v) is 4.46. The van der Waals surface area contributed by atoms with Gasteiger partial charge in [-0.3, -0.25) is 14.2 Å². The van der Waals surface area contributed by atoms with Gasteiger partial charge >= 0.3 is 5.97 Å². The Labute approximate surface area is 206 Å². The van der Waals surface area contributed by atoms with E-state index in [1.807, 2.05) is 0 Å². The molecule has 0 radical (unpaired) electrons. The van der Waals surface area contributed by atoms with Gasteiger partial charge in [-0.05, 0) is 55.8 Å². The number of thiazole rings is 1. The molecule has 0 saturated heterocycles. The molecule has 3 aromatic rings. The van der Waals surface area contributed by atoms with Crippen molar-refractivity contribution in [2.45, 2.75) is 20.4 Å². The van der Waals surface area contributed by atoms with Gasteiger partial charge in [-0.25, -0.2) is 4.79 Å². The van der Waals surface area contributed by atoms with Gasteiger partial charge < -0.3 is 18.9 Å². The Hall–Kier alpha value is -3.85. The second kappa shape index (κ2) is 11.5. The molecule has 0 spiro atoms. The number of benzene rings is 2. The van der Waals surface area contributed by atoms with Gasteiger partial charge in [-0.15, -0.1) is 11.3 Å². The number of hydrogen-bond donors (Lipinski definition) is 0. The van der Waals surface area contributed by atoms with Gasteiger partial charge in [0.1, 0.15) is 21.9 Å². The summed E-state index contributed by atoms with van der Waals surface area (Å²) in [4.78, 5) is 37.6. The molecule has 0 unspecified atom stereocenters. The molecule has 0 aliphatic rings. The Morgan fingerprint density at radius 3 is 2.26 bits per heavy atom. The van der Waals surface area contributed by atoms with Crippen molar-refractivity contribution >= 4 is 35.2 Å². The van der Waals surface area contributed by atoms with Gasteiger partial charge in [-0.2, -0.15) is 0 Å². The monoisotopic (exact) mass is 497 g/mol. The zero-order chi connectivity index (χ0) is 25.5. The SMILES string of the molecule is CCOC(=O)/C=c1\s/c(=C\c2cc(OC)cc(OC)c2)c(=O)n1Cc1cc(C(C)=O)ccc1OC. The Morgan fingerprint density at radius 2 is 1.69 bits per heavy atom. The van der Waals surface area contributed by atoms with Crippen molar-refractivity contribution in [2.24, 2.45) is 0 Å². The van der Waals surface area contributed by atoms with Crippen LogP contribution in [-0.2, 0) is 16.1 Å². The number of Topliss-reactive ketones (excluding diaryl/α,β-unsaturated/α-hetero) is 1. The number of carbonyl (C=O) groups is 2. The molecule has 0 N–H and O–H groups in total. The normalized spacial score (nSPS) is 11.9. The molecule has 35 heavy (non-hydrogen) atoms. The van der Waals surface area contributed by atoms with Crippen LogP contribution in [0.1, 0.15) is 35.3 Å². The number of ether oxygens (including phenoxy) is 4. The maximum absolute atomic E-state index is 13.5. The standard InChI is InChI=1S/C26H27NO7S/c1-6-34-25(29)14-24-27(15-19-12-18(16(2)28)7-8-22(19)33-5)26(30)23(35-24)11-17-9-20(31-3)13-21(10-17)32-4/h7-14H,6,15H2,1-5H3/b23-11-,24-14-.